The van der Waals surface area contributed by atoms with Crippen LogP contribution in [0.3, 0.4) is 0 Å². The summed E-state index contributed by atoms with van der Waals surface area (Å²) in [5.74, 6) is -0.486. The standard InChI is InChI=1S/C14H19NO3/c1-18-14(17)13(16)12-9-15-8-7-11(12)10-5-3-2-4-6-10/h2-6,11-13,15-16H,7-9H2,1H3. The highest BCUT2D eigenvalue weighted by molar-refractivity contribution is 5.74. The number of carbonyl (C=O) groups is 1. The summed E-state index contributed by atoms with van der Waals surface area (Å²) in [5.41, 5.74) is 1.17. The lowest BCUT2D eigenvalue weighted by atomic mass is 9.78. The number of piperidine rings is 1. The molecule has 1 aromatic rings. The fraction of sp³-hybridized carbons (Fsp3) is 0.500. The minimum absolute atomic E-state index is 0.131. The summed E-state index contributed by atoms with van der Waals surface area (Å²) in [7, 11) is 1.30. The lowest BCUT2D eigenvalue weighted by Gasteiger charge is -2.34. The number of aliphatic hydroxyl groups is 1. The van der Waals surface area contributed by atoms with Gasteiger partial charge in [-0.05, 0) is 24.4 Å². The van der Waals surface area contributed by atoms with Crippen LogP contribution in [0.2, 0.25) is 0 Å². The summed E-state index contributed by atoms with van der Waals surface area (Å²) in [6.45, 7) is 1.54. The van der Waals surface area contributed by atoms with E-state index in [0.29, 0.717) is 6.54 Å². The molecular weight excluding hydrogens is 230 g/mol. The maximum absolute atomic E-state index is 11.5. The minimum Gasteiger partial charge on any atom is -0.467 e. The first-order valence-corrected chi connectivity index (χ1v) is 6.25. The van der Waals surface area contributed by atoms with Crippen LogP contribution >= 0.6 is 0 Å². The van der Waals surface area contributed by atoms with Gasteiger partial charge >= 0.3 is 5.97 Å². The average Bonchev–Trinajstić information content (AvgIpc) is 2.46. The molecule has 0 amide bonds. The van der Waals surface area contributed by atoms with Gasteiger partial charge in [0.2, 0.25) is 0 Å². The van der Waals surface area contributed by atoms with Gasteiger partial charge < -0.3 is 15.2 Å². The number of methoxy groups -OCH3 is 1. The molecule has 1 aromatic carbocycles. The molecule has 1 heterocycles. The lowest BCUT2D eigenvalue weighted by Crippen LogP contribution is -2.45. The van der Waals surface area contributed by atoms with Gasteiger partial charge in [0.05, 0.1) is 7.11 Å². The number of rotatable bonds is 3. The fourth-order valence-electron chi connectivity index (χ4n) is 2.62. The molecule has 3 unspecified atom stereocenters. The molecule has 4 nitrogen and oxygen atoms in total. The van der Waals surface area contributed by atoms with E-state index in [4.69, 9.17) is 0 Å². The van der Waals surface area contributed by atoms with Crippen molar-refractivity contribution in [3.8, 4) is 0 Å². The molecule has 0 radical (unpaired) electrons. The van der Waals surface area contributed by atoms with Crippen LogP contribution in [-0.4, -0.2) is 37.4 Å². The van der Waals surface area contributed by atoms with Crippen LogP contribution in [0.25, 0.3) is 0 Å². The number of nitrogens with one attached hydrogen (secondary N) is 1. The third-order valence-electron chi connectivity index (χ3n) is 3.60. The molecule has 1 aliphatic heterocycles. The minimum atomic E-state index is -1.06. The second-order valence-corrected chi connectivity index (χ2v) is 4.64. The number of esters is 1. The zero-order valence-corrected chi connectivity index (χ0v) is 10.5. The smallest absolute Gasteiger partial charge is 0.335 e. The van der Waals surface area contributed by atoms with Crippen LogP contribution in [0.1, 0.15) is 17.9 Å². The Balaban J connectivity index is 2.18. The van der Waals surface area contributed by atoms with Crippen molar-refractivity contribution in [3.05, 3.63) is 35.9 Å². The number of hydrogen-bond donors (Lipinski definition) is 2. The van der Waals surface area contributed by atoms with E-state index in [1.54, 1.807) is 0 Å². The van der Waals surface area contributed by atoms with E-state index < -0.39 is 12.1 Å². The Bertz CT molecular complexity index is 393. The van der Waals surface area contributed by atoms with Crippen LogP contribution < -0.4 is 5.32 Å². The molecule has 0 spiro atoms. The summed E-state index contributed by atoms with van der Waals surface area (Å²) in [6, 6.07) is 10.0. The van der Waals surface area contributed by atoms with Crippen LogP contribution in [0, 0.1) is 5.92 Å². The number of benzene rings is 1. The van der Waals surface area contributed by atoms with Gasteiger partial charge in [0.1, 0.15) is 0 Å². The highest BCUT2D eigenvalue weighted by atomic mass is 16.5. The van der Waals surface area contributed by atoms with Crippen molar-refractivity contribution in [2.24, 2.45) is 5.92 Å². The first-order valence-electron chi connectivity index (χ1n) is 6.25. The predicted molar refractivity (Wildman–Crippen MR) is 68.2 cm³/mol. The second kappa shape index (κ2) is 5.98. The molecule has 3 atom stereocenters. The predicted octanol–water partition coefficient (Wildman–Crippen LogP) is 0.914. The third kappa shape index (κ3) is 2.71. The summed E-state index contributed by atoms with van der Waals surface area (Å²) in [4.78, 5) is 11.5. The van der Waals surface area contributed by atoms with Crippen LogP contribution in [-0.2, 0) is 9.53 Å². The maximum atomic E-state index is 11.5. The number of carbonyl (C=O) groups excluding carboxylic acids is 1. The van der Waals surface area contributed by atoms with E-state index >= 15 is 0 Å². The summed E-state index contributed by atoms with van der Waals surface area (Å²) >= 11 is 0. The van der Waals surface area contributed by atoms with Crippen molar-refractivity contribution in [3.63, 3.8) is 0 Å². The average molecular weight is 249 g/mol. The molecule has 2 N–H and O–H groups in total. The lowest BCUT2D eigenvalue weighted by molar-refractivity contribution is -0.154. The van der Waals surface area contributed by atoms with Gasteiger partial charge in [-0.2, -0.15) is 0 Å². The quantitative estimate of drug-likeness (QED) is 0.782. The molecule has 0 aromatic heterocycles. The third-order valence-corrected chi connectivity index (χ3v) is 3.60. The van der Waals surface area contributed by atoms with Gasteiger partial charge in [0, 0.05) is 12.5 Å². The SMILES string of the molecule is COC(=O)C(O)C1CNCCC1c1ccccc1. The molecule has 0 saturated carbocycles. The molecule has 0 aliphatic carbocycles. The molecule has 98 valence electrons. The Morgan fingerprint density at radius 2 is 2.17 bits per heavy atom. The van der Waals surface area contributed by atoms with E-state index in [2.05, 4.69) is 10.1 Å². The summed E-state index contributed by atoms with van der Waals surface area (Å²) < 4.78 is 4.63. The monoisotopic (exact) mass is 249 g/mol. The van der Waals surface area contributed by atoms with Crippen molar-refractivity contribution in [1.82, 2.24) is 5.32 Å². The van der Waals surface area contributed by atoms with E-state index in [0.717, 1.165) is 13.0 Å². The Kier molecular flexibility index (Phi) is 4.33. The summed E-state index contributed by atoms with van der Waals surface area (Å²) in [6.07, 6.45) is -0.143. The number of aliphatic hydroxyl groups excluding tert-OH is 1. The van der Waals surface area contributed by atoms with Gasteiger partial charge in [-0.25, -0.2) is 4.79 Å². The van der Waals surface area contributed by atoms with Gasteiger partial charge in [-0.1, -0.05) is 30.3 Å². The first kappa shape index (κ1) is 13.1. The largest absolute Gasteiger partial charge is 0.467 e. The van der Waals surface area contributed by atoms with Crippen molar-refractivity contribution in [2.75, 3.05) is 20.2 Å². The molecule has 1 fully saturated rings. The van der Waals surface area contributed by atoms with Gasteiger partial charge in [-0.15, -0.1) is 0 Å². The molecule has 18 heavy (non-hydrogen) atoms. The van der Waals surface area contributed by atoms with Crippen LogP contribution in [0.15, 0.2) is 30.3 Å². The maximum Gasteiger partial charge on any atom is 0.335 e. The number of hydrogen-bond acceptors (Lipinski definition) is 4. The zero-order valence-electron chi connectivity index (χ0n) is 10.5. The van der Waals surface area contributed by atoms with Gasteiger partial charge in [0.25, 0.3) is 0 Å². The summed E-state index contributed by atoms with van der Waals surface area (Å²) in [5, 5.41) is 13.3. The topological polar surface area (TPSA) is 58.6 Å². The Morgan fingerprint density at radius 3 is 2.83 bits per heavy atom. The first-order chi connectivity index (χ1) is 8.74. The second-order valence-electron chi connectivity index (χ2n) is 4.64. The molecule has 1 saturated heterocycles. The van der Waals surface area contributed by atoms with E-state index in [-0.39, 0.29) is 11.8 Å². The van der Waals surface area contributed by atoms with Crippen LogP contribution in [0.4, 0.5) is 0 Å². The molecule has 2 rings (SSSR count). The Labute approximate surface area is 107 Å². The highest BCUT2D eigenvalue weighted by Gasteiger charge is 2.35. The fourth-order valence-corrected chi connectivity index (χ4v) is 2.62. The van der Waals surface area contributed by atoms with Crippen molar-refractivity contribution >= 4 is 5.97 Å². The molecular formula is C14H19NO3. The zero-order chi connectivity index (χ0) is 13.0. The number of ether oxygens (including phenoxy) is 1. The van der Waals surface area contributed by atoms with Gasteiger partial charge in [-0.3, -0.25) is 0 Å². The highest BCUT2D eigenvalue weighted by Crippen LogP contribution is 2.32. The Hall–Kier alpha value is -1.39. The van der Waals surface area contributed by atoms with Crippen molar-refractivity contribution < 1.29 is 14.6 Å². The molecule has 4 heteroatoms. The van der Waals surface area contributed by atoms with E-state index in [1.165, 1.54) is 12.7 Å². The van der Waals surface area contributed by atoms with Gasteiger partial charge in [0.15, 0.2) is 6.10 Å². The van der Waals surface area contributed by atoms with Crippen molar-refractivity contribution in [1.29, 1.82) is 0 Å². The Morgan fingerprint density at radius 1 is 1.44 bits per heavy atom. The molecule has 1 aliphatic rings. The molecule has 0 bridgehead atoms. The van der Waals surface area contributed by atoms with Crippen molar-refractivity contribution in [2.45, 2.75) is 18.4 Å². The van der Waals surface area contributed by atoms with E-state index in [9.17, 15) is 9.90 Å². The van der Waals surface area contributed by atoms with Crippen LogP contribution in [0.5, 0.6) is 0 Å². The normalized spacial score (nSPS) is 25.4. The van der Waals surface area contributed by atoms with E-state index in [1.807, 2.05) is 30.3 Å².